The van der Waals surface area contributed by atoms with E-state index in [0.29, 0.717) is 30.7 Å². The Morgan fingerprint density at radius 2 is 1.90 bits per heavy atom. The van der Waals surface area contributed by atoms with E-state index in [4.69, 9.17) is 0 Å². The van der Waals surface area contributed by atoms with Crippen molar-refractivity contribution in [2.45, 2.75) is 25.2 Å². The first-order valence-corrected chi connectivity index (χ1v) is 9.67. The summed E-state index contributed by atoms with van der Waals surface area (Å²) in [6, 6.07) is 14.0. The maximum Gasteiger partial charge on any atom is 0.435 e. The van der Waals surface area contributed by atoms with Gasteiger partial charge < -0.3 is 5.32 Å². The van der Waals surface area contributed by atoms with Crippen molar-refractivity contribution in [2.24, 2.45) is 0 Å². The molecule has 10 heteroatoms. The standard InChI is InChI=1S/C21H19F4N5O/c22-15-7-4-8-17(11-15)30-19(21(23,24)25)18(27-28-30)20(31)26-16-9-10-29(13-16)12-14-5-2-1-3-6-14/h1-8,11,16H,9-10,12-13H2,(H,26,31). The molecule has 1 amide bonds. The van der Waals surface area contributed by atoms with Gasteiger partial charge in [-0.15, -0.1) is 5.10 Å². The number of benzene rings is 2. The number of likely N-dealkylation sites (tertiary alicyclic amines) is 1. The molecular weight excluding hydrogens is 414 g/mol. The van der Waals surface area contributed by atoms with Crippen molar-refractivity contribution in [1.29, 1.82) is 0 Å². The number of alkyl halides is 3. The number of halogens is 4. The number of amides is 1. The fourth-order valence-corrected chi connectivity index (χ4v) is 3.67. The van der Waals surface area contributed by atoms with Crippen LogP contribution < -0.4 is 5.32 Å². The highest BCUT2D eigenvalue weighted by atomic mass is 19.4. The molecule has 1 N–H and O–H groups in total. The predicted molar refractivity (Wildman–Crippen MR) is 104 cm³/mol. The molecule has 31 heavy (non-hydrogen) atoms. The molecule has 1 aromatic heterocycles. The first-order chi connectivity index (χ1) is 14.8. The zero-order valence-corrected chi connectivity index (χ0v) is 16.3. The first kappa shape index (κ1) is 21.0. The lowest BCUT2D eigenvalue weighted by Gasteiger charge is -2.17. The van der Waals surface area contributed by atoms with Crippen LogP contribution in [0.25, 0.3) is 5.69 Å². The van der Waals surface area contributed by atoms with Crippen LogP contribution >= 0.6 is 0 Å². The molecule has 1 unspecified atom stereocenters. The molecule has 6 nitrogen and oxygen atoms in total. The van der Waals surface area contributed by atoms with Crippen LogP contribution in [0.2, 0.25) is 0 Å². The number of aromatic nitrogens is 3. The number of nitrogens with one attached hydrogen (secondary N) is 1. The third-order valence-corrected chi connectivity index (χ3v) is 5.06. The number of rotatable bonds is 5. The molecule has 0 aliphatic carbocycles. The lowest BCUT2D eigenvalue weighted by molar-refractivity contribution is -0.143. The Hall–Kier alpha value is -3.27. The Balaban J connectivity index is 1.50. The molecule has 162 valence electrons. The minimum Gasteiger partial charge on any atom is -0.347 e. The van der Waals surface area contributed by atoms with Gasteiger partial charge in [0.2, 0.25) is 0 Å². The summed E-state index contributed by atoms with van der Waals surface area (Å²) in [6.45, 7) is 1.92. The second kappa shape index (κ2) is 8.46. The van der Waals surface area contributed by atoms with Crippen LogP contribution in [-0.2, 0) is 12.7 Å². The predicted octanol–water partition coefficient (Wildman–Crippen LogP) is 3.43. The van der Waals surface area contributed by atoms with Crippen LogP contribution in [0.3, 0.4) is 0 Å². The van der Waals surface area contributed by atoms with Crippen molar-refractivity contribution in [3.05, 3.63) is 77.4 Å². The molecule has 1 aliphatic rings. The number of carbonyl (C=O) groups excluding carboxylic acids is 1. The van der Waals surface area contributed by atoms with E-state index in [1.165, 1.54) is 12.1 Å². The zero-order chi connectivity index (χ0) is 22.0. The number of hydrogen-bond acceptors (Lipinski definition) is 4. The molecule has 1 fully saturated rings. The zero-order valence-electron chi connectivity index (χ0n) is 16.3. The minimum atomic E-state index is -4.91. The van der Waals surface area contributed by atoms with E-state index in [1.54, 1.807) is 0 Å². The lowest BCUT2D eigenvalue weighted by Crippen LogP contribution is -2.38. The maximum atomic E-state index is 13.7. The first-order valence-electron chi connectivity index (χ1n) is 9.67. The van der Waals surface area contributed by atoms with Crippen LogP contribution in [0.1, 0.15) is 28.2 Å². The number of hydrogen-bond donors (Lipinski definition) is 1. The summed E-state index contributed by atoms with van der Waals surface area (Å²) >= 11 is 0. The van der Waals surface area contributed by atoms with Crippen molar-refractivity contribution in [3.8, 4) is 5.69 Å². The van der Waals surface area contributed by atoms with Gasteiger partial charge in [-0.25, -0.2) is 9.07 Å². The normalized spacial score (nSPS) is 17.1. The van der Waals surface area contributed by atoms with Gasteiger partial charge >= 0.3 is 6.18 Å². The summed E-state index contributed by atoms with van der Waals surface area (Å²) in [6.07, 6.45) is -4.30. The topological polar surface area (TPSA) is 63.1 Å². The minimum absolute atomic E-state index is 0.172. The Morgan fingerprint density at radius 3 is 2.61 bits per heavy atom. The second-order valence-corrected chi connectivity index (χ2v) is 7.36. The van der Waals surface area contributed by atoms with E-state index in [-0.39, 0.29) is 11.7 Å². The summed E-state index contributed by atoms with van der Waals surface area (Å²) in [5.41, 5.74) is -1.23. The van der Waals surface area contributed by atoms with Gasteiger partial charge in [0.1, 0.15) is 5.82 Å². The maximum absolute atomic E-state index is 13.7. The average Bonchev–Trinajstić information content (AvgIpc) is 3.36. The molecule has 0 bridgehead atoms. The van der Waals surface area contributed by atoms with Gasteiger partial charge in [-0.05, 0) is 30.2 Å². The van der Waals surface area contributed by atoms with Gasteiger partial charge in [-0.1, -0.05) is 41.6 Å². The van der Waals surface area contributed by atoms with Crippen LogP contribution in [0.4, 0.5) is 17.6 Å². The Bertz CT molecular complexity index is 1070. The van der Waals surface area contributed by atoms with E-state index in [9.17, 15) is 22.4 Å². The van der Waals surface area contributed by atoms with Crippen LogP contribution in [-0.4, -0.2) is 44.9 Å². The summed E-state index contributed by atoms with van der Waals surface area (Å²) in [5.74, 6) is -1.68. The Kier molecular flexibility index (Phi) is 5.73. The molecular formula is C21H19F4N5O. The van der Waals surface area contributed by atoms with Crippen molar-refractivity contribution in [2.75, 3.05) is 13.1 Å². The van der Waals surface area contributed by atoms with Crippen LogP contribution in [0.5, 0.6) is 0 Å². The average molecular weight is 433 g/mol. The molecule has 2 aromatic carbocycles. The van der Waals surface area contributed by atoms with Crippen LogP contribution in [0.15, 0.2) is 54.6 Å². The fraction of sp³-hybridized carbons (Fsp3) is 0.286. The van der Waals surface area contributed by atoms with E-state index < -0.39 is 29.3 Å². The van der Waals surface area contributed by atoms with Gasteiger partial charge in [-0.2, -0.15) is 13.2 Å². The van der Waals surface area contributed by atoms with E-state index in [1.807, 2.05) is 30.3 Å². The van der Waals surface area contributed by atoms with Crippen molar-refractivity contribution in [1.82, 2.24) is 25.2 Å². The molecule has 4 rings (SSSR count). The Labute approximate surface area is 175 Å². The number of nitrogens with zero attached hydrogens (tertiary/aromatic N) is 4. The summed E-state index contributed by atoms with van der Waals surface area (Å²) in [5, 5.41) is 9.56. The van der Waals surface area contributed by atoms with E-state index >= 15 is 0 Å². The summed E-state index contributed by atoms with van der Waals surface area (Å²) in [4.78, 5) is 14.7. The Morgan fingerprint density at radius 1 is 1.13 bits per heavy atom. The third-order valence-electron chi connectivity index (χ3n) is 5.06. The van der Waals surface area contributed by atoms with Gasteiger partial charge in [-0.3, -0.25) is 9.69 Å². The molecule has 3 aromatic rings. The van der Waals surface area contributed by atoms with Gasteiger partial charge in [0.25, 0.3) is 5.91 Å². The van der Waals surface area contributed by atoms with Gasteiger partial charge in [0.15, 0.2) is 11.4 Å². The fourth-order valence-electron chi connectivity index (χ4n) is 3.67. The monoisotopic (exact) mass is 433 g/mol. The molecule has 1 aliphatic heterocycles. The quantitative estimate of drug-likeness (QED) is 0.627. The molecule has 1 atom stereocenters. The van der Waals surface area contributed by atoms with Crippen molar-refractivity contribution < 1.29 is 22.4 Å². The summed E-state index contributed by atoms with van der Waals surface area (Å²) < 4.78 is 55.1. The van der Waals surface area contributed by atoms with E-state index in [0.717, 1.165) is 17.7 Å². The van der Waals surface area contributed by atoms with Crippen LogP contribution in [0, 0.1) is 5.82 Å². The lowest BCUT2D eigenvalue weighted by atomic mass is 10.2. The molecule has 0 spiro atoms. The van der Waals surface area contributed by atoms with Gasteiger partial charge in [0, 0.05) is 25.7 Å². The molecule has 1 saturated heterocycles. The highest BCUT2D eigenvalue weighted by molar-refractivity contribution is 5.93. The molecule has 0 radical (unpaired) electrons. The SMILES string of the molecule is O=C(NC1CCN(Cc2ccccc2)C1)c1nnn(-c2cccc(F)c2)c1C(F)(F)F. The molecule has 0 saturated carbocycles. The highest BCUT2D eigenvalue weighted by Gasteiger charge is 2.42. The van der Waals surface area contributed by atoms with Gasteiger partial charge in [0.05, 0.1) is 5.69 Å². The number of carbonyl (C=O) groups is 1. The van der Waals surface area contributed by atoms with Crippen molar-refractivity contribution in [3.63, 3.8) is 0 Å². The highest BCUT2D eigenvalue weighted by Crippen LogP contribution is 2.33. The largest absolute Gasteiger partial charge is 0.435 e. The smallest absolute Gasteiger partial charge is 0.347 e. The van der Waals surface area contributed by atoms with E-state index in [2.05, 4.69) is 20.5 Å². The second-order valence-electron chi connectivity index (χ2n) is 7.36. The third kappa shape index (κ3) is 4.74. The van der Waals surface area contributed by atoms with Crippen molar-refractivity contribution >= 4 is 5.91 Å². The summed E-state index contributed by atoms with van der Waals surface area (Å²) in [7, 11) is 0. The molecule has 2 heterocycles.